The van der Waals surface area contributed by atoms with Crippen LogP contribution in [0, 0.1) is 5.92 Å². The first-order chi connectivity index (χ1) is 15.6. The number of ether oxygens (including phenoxy) is 1. The zero-order chi connectivity index (χ0) is 24.5. The molecule has 33 heavy (non-hydrogen) atoms. The third-order valence-electron chi connectivity index (χ3n) is 5.31. The summed E-state index contributed by atoms with van der Waals surface area (Å²) in [5, 5.41) is 3.58. The van der Waals surface area contributed by atoms with E-state index in [4.69, 9.17) is 16.3 Å². The summed E-state index contributed by atoms with van der Waals surface area (Å²) in [6.07, 6.45) is 0.496. The van der Waals surface area contributed by atoms with E-state index in [2.05, 4.69) is 35.1 Å². The van der Waals surface area contributed by atoms with E-state index in [0.29, 0.717) is 42.1 Å². The number of rotatable bonds is 11. The van der Waals surface area contributed by atoms with Gasteiger partial charge in [0.25, 0.3) is 5.91 Å². The van der Waals surface area contributed by atoms with Crippen molar-refractivity contribution in [1.82, 2.24) is 10.2 Å². The van der Waals surface area contributed by atoms with Crippen LogP contribution in [0.25, 0.3) is 0 Å². The fourth-order valence-electron chi connectivity index (χ4n) is 3.34. The maximum atomic E-state index is 13.3. The normalized spacial score (nSPS) is 12.0. The minimum absolute atomic E-state index is 0.156. The lowest BCUT2D eigenvalue weighted by Gasteiger charge is -2.31. The number of nitrogens with zero attached hydrogens (tertiary/aromatic N) is 1. The van der Waals surface area contributed by atoms with Crippen molar-refractivity contribution in [2.75, 3.05) is 13.2 Å². The van der Waals surface area contributed by atoms with Crippen LogP contribution in [-0.2, 0) is 16.1 Å². The molecule has 0 spiro atoms. The number of hydrogen-bond donors (Lipinski definition) is 1. The topological polar surface area (TPSA) is 58.6 Å². The first-order valence-corrected chi connectivity index (χ1v) is 12.5. The molecule has 2 amide bonds. The van der Waals surface area contributed by atoms with E-state index >= 15 is 0 Å². The van der Waals surface area contributed by atoms with Crippen molar-refractivity contribution < 1.29 is 14.3 Å². The lowest BCUT2D eigenvalue weighted by molar-refractivity contribution is -0.143. The average Bonchev–Trinajstić information content (AvgIpc) is 2.77. The molecule has 1 N–H and O–H groups in total. The predicted molar refractivity (Wildman–Crippen MR) is 138 cm³/mol. The molecule has 2 rings (SSSR count). The Labute approximate surface area is 211 Å². The Balaban J connectivity index is 2.20. The Bertz CT molecular complexity index is 932. The van der Waals surface area contributed by atoms with Crippen LogP contribution in [-0.4, -0.2) is 35.9 Å². The van der Waals surface area contributed by atoms with Crippen molar-refractivity contribution in [3.8, 4) is 5.75 Å². The van der Waals surface area contributed by atoms with Gasteiger partial charge < -0.3 is 15.0 Å². The van der Waals surface area contributed by atoms with Gasteiger partial charge in [-0.05, 0) is 69.6 Å². The van der Waals surface area contributed by atoms with E-state index in [-0.39, 0.29) is 18.4 Å². The summed E-state index contributed by atoms with van der Waals surface area (Å²) in [6, 6.07) is 12.6. The predicted octanol–water partition coefficient (Wildman–Crippen LogP) is 6.18. The van der Waals surface area contributed by atoms with Gasteiger partial charge in [0.2, 0.25) is 5.91 Å². The van der Waals surface area contributed by atoms with Crippen molar-refractivity contribution >= 4 is 39.3 Å². The SMILES string of the molecule is CC[C@H](C(=O)NCC(C)C)N(Cc1ccc(Cl)cc1)C(=O)COc1ccc(C(C)C)cc1Br. The molecule has 0 unspecified atom stereocenters. The van der Waals surface area contributed by atoms with Gasteiger partial charge in [-0.1, -0.05) is 64.4 Å². The standard InChI is InChI=1S/C26H34BrClN2O3/c1-6-23(26(32)29-14-17(2)3)30(15-19-7-10-21(28)11-8-19)25(31)16-33-24-12-9-20(18(4)5)13-22(24)27/h7-13,17-18,23H,6,14-16H2,1-5H3,(H,29,32)/t23-/m1/s1. The lowest BCUT2D eigenvalue weighted by Crippen LogP contribution is -2.50. The molecule has 0 bridgehead atoms. The second-order valence-corrected chi connectivity index (χ2v) is 10.1. The molecular formula is C26H34BrClN2O3. The molecule has 0 saturated carbocycles. The smallest absolute Gasteiger partial charge is 0.261 e. The minimum atomic E-state index is -0.595. The number of carbonyl (C=O) groups is 2. The van der Waals surface area contributed by atoms with Crippen LogP contribution in [0.4, 0.5) is 0 Å². The highest BCUT2D eigenvalue weighted by molar-refractivity contribution is 9.10. The van der Waals surface area contributed by atoms with Gasteiger partial charge in [0.05, 0.1) is 4.47 Å². The maximum absolute atomic E-state index is 13.3. The van der Waals surface area contributed by atoms with E-state index in [1.54, 1.807) is 17.0 Å². The van der Waals surface area contributed by atoms with Gasteiger partial charge in [0.1, 0.15) is 11.8 Å². The summed E-state index contributed by atoms with van der Waals surface area (Å²) >= 11 is 9.55. The van der Waals surface area contributed by atoms with Crippen LogP contribution >= 0.6 is 27.5 Å². The molecule has 0 heterocycles. The van der Waals surface area contributed by atoms with Gasteiger partial charge >= 0.3 is 0 Å². The fourth-order valence-corrected chi connectivity index (χ4v) is 3.98. The zero-order valence-corrected chi connectivity index (χ0v) is 22.4. The summed E-state index contributed by atoms with van der Waals surface area (Å²) in [7, 11) is 0. The molecule has 0 aromatic heterocycles. The molecule has 2 aromatic rings. The van der Waals surface area contributed by atoms with Crippen LogP contribution < -0.4 is 10.1 Å². The maximum Gasteiger partial charge on any atom is 0.261 e. The monoisotopic (exact) mass is 536 g/mol. The third kappa shape index (κ3) is 8.35. The Morgan fingerprint density at radius 2 is 1.76 bits per heavy atom. The molecule has 0 aliphatic heterocycles. The molecule has 0 radical (unpaired) electrons. The molecule has 0 saturated heterocycles. The fraction of sp³-hybridized carbons (Fsp3) is 0.462. The molecule has 0 aliphatic carbocycles. The highest BCUT2D eigenvalue weighted by Crippen LogP contribution is 2.29. The molecule has 2 aromatic carbocycles. The molecule has 0 aliphatic rings. The number of halogens is 2. The number of amides is 2. The lowest BCUT2D eigenvalue weighted by atomic mass is 10.0. The second kappa shape index (κ2) is 13.0. The summed E-state index contributed by atoms with van der Waals surface area (Å²) in [4.78, 5) is 27.8. The summed E-state index contributed by atoms with van der Waals surface area (Å²) in [5.41, 5.74) is 2.07. The van der Waals surface area contributed by atoms with E-state index in [1.807, 2.05) is 51.1 Å². The van der Waals surface area contributed by atoms with Crippen molar-refractivity contribution in [3.05, 3.63) is 63.1 Å². The van der Waals surface area contributed by atoms with Crippen LogP contribution in [0.1, 0.15) is 58.1 Å². The number of carbonyl (C=O) groups excluding carboxylic acids is 2. The number of benzene rings is 2. The van der Waals surface area contributed by atoms with Crippen LogP contribution in [0.2, 0.25) is 5.02 Å². The quantitative estimate of drug-likeness (QED) is 0.372. The van der Waals surface area contributed by atoms with Crippen LogP contribution in [0.15, 0.2) is 46.9 Å². The van der Waals surface area contributed by atoms with E-state index < -0.39 is 6.04 Å². The van der Waals surface area contributed by atoms with Crippen molar-refractivity contribution in [3.63, 3.8) is 0 Å². The van der Waals surface area contributed by atoms with Gasteiger partial charge in [-0.25, -0.2) is 0 Å². The summed E-state index contributed by atoms with van der Waals surface area (Å²) in [6.45, 7) is 10.9. The molecular weight excluding hydrogens is 504 g/mol. The Morgan fingerprint density at radius 3 is 2.30 bits per heavy atom. The van der Waals surface area contributed by atoms with Crippen molar-refractivity contribution in [1.29, 1.82) is 0 Å². The summed E-state index contributed by atoms with van der Waals surface area (Å²) < 4.78 is 6.65. The van der Waals surface area contributed by atoms with Crippen LogP contribution in [0.5, 0.6) is 5.75 Å². The van der Waals surface area contributed by atoms with E-state index in [0.717, 1.165) is 10.0 Å². The molecule has 5 nitrogen and oxygen atoms in total. The van der Waals surface area contributed by atoms with E-state index in [9.17, 15) is 9.59 Å². The highest BCUT2D eigenvalue weighted by Gasteiger charge is 2.29. The van der Waals surface area contributed by atoms with Crippen molar-refractivity contribution in [2.24, 2.45) is 5.92 Å². The largest absolute Gasteiger partial charge is 0.483 e. The first-order valence-electron chi connectivity index (χ1n) is 11.4. The number of hydrogen-bond acceptors (Lipinski definition) is 3. The van der Waals surface area contributed by atoms with E-state index in [1.165, 1.54) is 5.56 Å². The van der Waals surface area contributed by atoms with Gasteiger partial charge in [0, 0.05) is 18.1 Å². The Morgan fingerprint density at radius 1 is 1.09 bits per heavy atom. The van der Waals surface area contributed by atoms with Gasteiger partial charge in [-0.2, -0.15) is 0 Å². The zero-order valence-electron chi connectivity index (χ0n) is 20.0. The van der Waals surface area contributed by atoms with Gasteiger partial charge in [-0.15, -0.1) is 0 Å². The van der Waals surface area contributed by atoms with Crippen LogP contribution in [0.3, 0.4) is 0 Å². The Kier molecular flexibility index (Phi) is 10.7. The third-order valence-corrected chi connectivity index (χ3v) is 6.18. The highest BCUT2D eigenvalue weighted by atomic mass is 79.9. The first kappa shape index (κ1) is 27.2. The van der Waals surface area contributed by atoms with Gasteiger partial charge in [0.15, 0.2) is 6.61 Å². The second-order valence-electron chi connectivity index (χ2n) is 8.84. The Hall–Kier alpha value is -2.05. The minimum Gasteiger partial charge on any atom is -0.483 e. The average molecular weight is 538 g/mol. The molecule has 1 atom stereocenters. The summed E-state index contributed by atoms with van der Waals surface area (Å²) in [5.74, 6) is 0.895. The molecule has 180 valence electrons. The van der Waals surface area contributed by atoms with Gasteiger partial charge in [-0.3, -0.25) is 9.59 Å². The molecule has 0 fully saturated rings. The van der Waals surface area contributed by atoms with Crippen molar-refractivity contribution in [2.45, 2.75) is 59.5 Å². The molecule has 7 heteroatoms. The number of nitrogens with one attached hydrogen (secondary N) is 1.